The van der Waals surface area contributed by atoms with Gasteiger partial charge in [-0.1, -0.05) is 12.1 Å². The number of aliphatic hydroxyl groups is 2. The number of rotatable bonds is 2. The van der Waals surface area contributed by atoms with Gasteiger partial charge in [0.25, 0.3) is 0 Å². The van der Waals surface area contributed by atoms with E-state index in [9.17, 15) is 10.2 Å². The molecule has 0 radical (unpaired) electrons. The van der Waals surface area contributed by atoms with Gasteiger partial charge in [0.05, 0.1) is 17.5 Å². The first-order valence-electron chi connectivity index (χ1n) is 5.78. The summed E-state index contributed by atoms with van der Waals surface area (Å²) in [5.74, 6) is 0.636. The Kier molecular flexibility index (Phi) is 2.99. The Morgan fingerprint density at radius 2 is 2.12 bits per heavy atom. The van der Waals surface area contributed by atoms with Crippen LogP contribution in [0.1, 0.15) is 44.4 Å². The predicted octanol–water partition coefficient (Wildman–Crippen LogP) is 0.790. The molecule has 1 saturated carbocycles. The molecule has 1 atom stereocenters. The number of aliphatic hydroxyl groups excluding tert-OH is 1. The third-order valence-electron chi connectivity index (χ3n) is 3.68. The third kappa shape index (κ3) is 1.97. The lowest BCUT2D eigenvalue weighted by Crippen LogP contribution is -2.40. The van der Waals surface area contributed by atoms with E-state index in [1.807, 2.05) is 0 Å². The Bertz CT molecular complexity index is 356. The largest absolute Gasteiger partial charge is 0.387 e. The monoisotopic (exact) mass is 225 g/mol. The van der Waals surface area contributed by atoms with Crippen molar-refractivity contribution in [3.05, 3.63) is 11.9 Å². The van der Waals surface area contributed by atoms with Gasteiger partial charge >= 0.3 is 0 Å². The van der Waals surface area contributed by atoms with Crippen molar-refractivity contribution in [1.29, 1.82) is 0 Å². The number of aromatic nitrogens is 3. The van der Waals surface area contributed by atoms with Crippen LogP contribution in [0.3, 0.4) is 0 Å². The van der Waals surface area contributed by atoms with E-state index in [0.717, 1.165) is 12.8 Å². The summed E-state index contributed by atoms with van der Waals surface area (Å²) in [6.07, 6.45) is 3.82. The van der Waals surface area contributed by atoms with Crippen LogP contribution in [0.5, 0.6) is 0 Å². The average molecular weight is 225 g/mol. The summed E-state index contributed by atoms with van der Waals surface area (Å²) in [5.41, 5.74) is -0.431. The van der Waals surface area contributed by atoms with E-state index in [4.69, 9.17) is 0 Å². The maximum atomic E-state index is 10.4. The summed E-state index contributed by atoms with van der Waals surface area (Å²) >= 11 is 0. The van der Waals surface area contributed by atoms with Gasteiger partial charge in [-0.05, 0) is 31.6 Å². The molecule has 0 aromatic carbocycles. The average Bonchev–Trinajstić information content (AvgIpc) is 2.68. The van der Waals surface area contributed by atoms with Crippen molar-refractivity contribution in [3.63, 3.8) is 0 Å². The van der Waals surface area contributed by atoms with Crippen LogP contribution >= 0.6 is 0 Å². The van der Waals surface area contributed by atoms with Gasteiger partial charge in [0, 0.05) is 7.05 Å². The van der Waals surface area contributed by atoms with Crippen LogP contribution in [-0.4, -0.2) is 30.8 Å². The minimum absolute atomic E-state index is 0.581. The topological polar surface area (TPSA) is 71.2 Å². The molecule has 1 aromatic rings. The Hall–Kier alpha value is -0.940. The Labute approximate surface area is 95.1 Å². The van der Waals surface area contributed by atoms with Crippen LogP contribution in [0, 0.1) is 5.92 Å². The maximum Gasteiger partial charge on any atom is 0.126 e. The molecule has 90 valence electrons. The summed E-state index contributed by atoms with van der Waals surface area (Å²) < 4.78 is 1.51. The predicted molar refractivity (Wildman–Crippen MR) is 58.5 cm³/mol. The van der Waals surface area contributed by atoms with E-state index in [-0.39, 0.29) is 0 Å². The van der Waals surface area contributed by atoms with Gasteiger partial charge < -0.3 is 10.2 Å². The Morgan fingerprint density at radius 3 is 2.62 bits per heavy atom. The molecular formula is C11H19N3O2. The second-order valence-electron chi connectivity index (χ2n) is 4.97. The summed E-state index contributed by atoms with van der Waals surface area (Å²) in [4.78, 5) is 0. The molecule has 0 bridgehead atoms. The molecule has 1 aliphatic rings. The number of hydrogen-bond donors (Lipinski definition) is 2. The molecule has 1 fully saturated rings. The van der Waals surface area contributed by atoms with Gasteiger partial charge in [-0.15, -0.1) is 5.10 Å². The van der Waals surface area contributed by atoms with Gasteiger partial charge in [-0.3, -0.25) is 0 Å². The highest BCUT2D eigenvalue weighted by molar-refractivity contribution is 5.07. The van der Waals surface area contributed by atoms with Gasteiger partial charge in [0.15, 0.2) is 0 Å². The van der Waals surface area contributed by atoms with Crippen LogP contribution in [-0.2, 0) is 7.05 Å². The fraction of sp³-hybridized carbons (Fsp3) is 0.818. The highest BCUT2D eigenvalue weighted by Crippen LogP contribution is 2.39. The highest BCUT2D eigenvalue weighted by Gasteiger charge is 2.40. The van der Waals surface area contributed by atoms with Crippen molar-refractivity contribution >= 4 is 0 Å². The van der Waals surface area contributed by atoms with Gasteiger partial charge in [-0.2, -0.15) is 0 Å². The minimum Gasteiger partial charge on any atom is -0.387 e. The second-order valence-corrected chi connectivity index (χ2v) is 4.97. The van der Waals surface area contributed by atoms with E-state index in [0.29, 0.717) is 24.5 Å². The SMILES string of the molecule is CC1CCC(O)(C(O)c2cnnn2C)CC1. The smallest absolute Gasteiger partial charge is 0.126 e. The molecule has 5 nitrogen and oxygen atoms in total. The quantitative estimate of drug-likeness (QED) is 0.780. The standard InChI is InChI=1S/C11H19N3O2/c1-8-3-5-11(16,6-4-8)10(15)9-7-12-13-14(9)2/h7-8,10,15-16H,3-6H2,1-2H3. The third-order valence-corrected chi connectivity index (χ3v) is 3.68. The van der Waals surface area contributed by atoms with E-state index in [1.54, 1.807) is 7.05 Å². The normalized spacial score (nSPS) is 32.6. The van der Waals surface area contributed by atoms with Gasteiger partial charge in [0.1, 0.15) is 6.10 Å². The van der Waals surface area contributed by atoms with Crippen molar-refractivity contribution < 1.29 is 10.2 Å². The highest BCUT2D eigenvalue weighted by atomic mass is 16.3. The van der Waals surface area contributed by atoms with E-state index >= 15 is 0 Å². The minimum atomic E-state index is -1.01. The van der Waals surface area contributed by atoms with Gasteiger partial charge in [-0.25, -0.2) is 4.68 Å². The molecule has 1 unspecified atom stereocenters. The fourth-order valence-corrected chi connectivity index (χ4v) is 2.36. The lowest BCUT2D eigenvalue weighted by atomic mass is 9.76. The molecule has 1 heterocycles. The fourth-order valence-electron chi connectivity index (χ4n) is 2.36. The van der Waals surface area contributed by atoms with E-state index < -0.39 is 11.7 Å². The molecule has 0 aliphatic heterocycles. The number of hydrogen-bond acceptors (Lipinski definition) is 4. The zero-order valence-electron chi connectivity index (χ0n) is 9.80. The van der Waals surface area contributed by atoms with Crippen LogP contribution in [0.25, 0.3) is 0 Å². The van der Waals surface area contributed by atoms with Crippen LogP contribution in [0.15, 0.2) is 6.20 Å². The lowest BCUT2D eigenvalue weighted by Gasteiger charge is -2.38. The first-order valence-corrected chi connectivity index (χ1v) is 5.78. The van der Waals surface area contributed by atoms with Crippen molar-refractivity contribution in [2.24, 2.45) is 13.0 Å². The zero-order chi connectivity index (χ0) is 11.8. The summed E-state index contributed by atoms with van der Waals surface area (Å²) in [5, 5.41) is 28.1. The van der Waals surface area contributed by atoms with Crippen LogP contribution < -0.4 is 0 Å². The number of nitrogens with zero attached hydrogens (tertiary/aromatic N) is 3. The number of aryl methyl sites for hydroxylation is 1. The second kappa shape index (κ2) is 4.14. The van der Waals surface area contributed by atoms with Crippen molar-refractivity contribution in [2.45, 2.75) is 44.3 Å². The van der Waals surface area contributed by atoms with E-state index in [2.05, 4.69) is 17.2 Å². The summed E-state index contributed by atoms with van der Waals surface area (Å²) in [6, 6.07) is 0. The van der Waals surface area contributed by atoms with E-state index in [1.165, 1.54) is 10.9 Å². The van der Waals surface area contributed by atoms with Crippen molar-refractivity contribution in [1.82, 2.24) is 15.0 Å². The summed E-state index contributed by atoms with van der Waals surface area (Å²) in [7, 11) is 1.72. The molecule has 5 heteroatoms. The van der Waals surface area contributed by atoms with Gasteiger partial charge in [0.2, 0.25) is 0 Å². The first kappa shape index (κ1) is 11.5. The zero-order valence-corrected chi connectivity index (χ0v) is 9.80. The Morgan fingerprint density at radius 1 is 1.50 bits per heavy atom. The molecule has 16 heavy (non-hydrogen) atoms. The molecule has 0 spiro atoms. The van der Waals surface area contributed by atoms with Crippen LogP contribution in [0.2, 0.25) is 0 Å². The van der Waals surface area contributed by atoms with Crippen molar-refractivity contribution in [3.8, 4) is 0 Å². The molecule has 1 aliphatic carbocycles. The maximum absolute atomic E-state index is 10.4. The van der Waals surface area contributed by atoms with Crippen LogP contribution in [0.4, 0.5) is 0 Å². The first-order chi connectivity index (χ1) is 7.53. The lowest BCUT2D eigenvalue weighted by molar-refractivity contribution is -0.108. The molecule has 2 rings (SSSR count). The molecule has 0 saturated heterocycles. The molecule has 0 amide bonds. The Balaban J connectivity index is 2.15. The molecule has 1 aromatic heterocycles. The molecular weight excluding hydrogens is 206 g/mol. The summed E-state index contributed by atoms with van der Waals surface area (Å²) in [6.45, 7) is 2.18. The molecule has 2 N–H and O–H groups in total. The van der Waals surface area contributed by atoms with Crippen molar-refractivity contribution in [2.75, 3.05) is 0 Å².